The van der Waals surface area contributed by atoms with Gasteiger partial charge in [-0.2, -0.15) is 0 Å². The van der Waals surface area contributed by atoms with Crippen molar-refractivity contribution in [3.05, 3.63) is 0 Å². The van der Waals surface area contributed by atoms with Gasteiger partial charge in [-0.1, -0.05) is 12.8 Å². The second-order valence-electron chi connectivity index (χ2n) is 6.37. The van der Waals surface area contributed by atoms with E-state index in [2.05, 4.69) is 9.80 Å². The summed E-state index contributed by atoms with van der Waals surface area (Å²) in [7, 11) is 3.62. The molecule has 0 radical (unpaired) electrons. The van der Waals surface area contributed by atoms with E-state index in [4.69, 9.17) is 0 Å². The molecule has 0 unspecified atom stereocenters. The van der Waals surface area contributed by atoms with Crippen LogP contribution in [0.3, 0.4) is 0 Å². The zero-order valence-electron chi connectivity index (χ0n) is 12.9. The maximum Gasteiger partial charge on any atom is 0.236 e. The van der Waals surface area contributed by atoms with E-state index in [1.807, 2.05) is 14.1 Å². The first kappa shape index (κ1) is 15.7. The molecule has 0 aromatic rings. The molecule has 2 rings (SSSR count). The lowest BCUT2D eigenvalue weighted by Crippen LogP contribution is -2.47. The molecule has 1 heterocycles. The zero-order chi connectivity index (χ0) is 14.5. The van der Waals surface area contributed by atoms with Crippen molar-refractivity contribution in [1.29, 1.82) is 0 Å². The lowest BCUT2D eigenvalue weighted by Gasteiger charge is -2.37. The number of carbonyl (C=O) groups excluding carboxylic acids is 1. The van der Waals surface area contributed by atoms with Crippen LogP contribution in [0.4, 0.5) is 0 Å². The molecule has 0 aromatic carbocycles. The quantitative estimate of drug-likeness (QED) is 0.814. The van der Waals surface area contributed by atoms with Crippen molar-refractivity contribution in [2.75, 3.05) is 46.8 Å². The SMILES string of the molecule is CN(C)C(=O)CN1CCCN([C@H]2CCCC[C@@H]2O)CC1. The van der Waals surface area contributed by atoms with E-state index in [0.29, 0.717) is 12.6 Å². The van der Waals surface area contributed by atoms with Gasteiger partial charge in [-0.05, 0) is 32.4 Å². The lowest BCUT2D eigenvalue weighted by atomic mass is 9.91. The van der Waals surface area contributed by atoms with Crippen LogP contribution in [0.25, 0.3) is 0 Å². The van der Waals surface area contributed by atoms with Gasteiger partial charge in [-0.3, -0.25) is 14.6 Å². The molecule has 2 atom stereocenters. The van der Waals surface area contributed by atoms with Crippen molar-refractivity contribution in [1.82, 2.24) is 14.7 Å². The summed E-state index contributed by atoms with van der Waals surface area (Å²) < 4.78 is 0. The Kier molecular flexibility index (Phi) is 5.81. The number of likely N-dealkylation sites (N-methyl/N-ethyl adjacent to an activating group) is 1. The van der Waals surface area contributed by atoms with Crippen LogP contribution in [0.15, 0.2) is 0 Å². The maximum absolute atomic E-state index is 11.8. The van der Waals surface area contributed by atoms with Crippen molar-refractivity contribution >= 4 is 5.91 Å². The number of rotatable bonds is 3. The smallest absolute Gasteiger partial charge is 0.236 e. The fourth-order valence-electron chi connectivity index (χ4n) is 3.33. The van der Waals surface area contributed by atoms with Crippen molar-refractivity contribution in [2.45, 2.75) is 44.2 Å². The molecule has 5 heteroatoms. The lowest BCUT2D eigenvalue weighted by molar-refractivity contribution is -0.129. The third-order valence-corrected chi connectivity index (χ3v) is 4.64. The first-order valence-corrected chi connectivity index (χ1v) is 7.92. The van der Waals surface area contributed by atoms with E-state index >= 15 is 0 Å². The van der Waals surface area contributed by atoms with Crippen LogP contribution in [0.2, 0.25) is 0 Å². The zero-order valence-corrected chi connectivity index (χ0v) is 12.9. The van der Waals surface area contributed by atoms with E-state index in [1.165, 1.54) is 6.42 Å². The Balaban J connectivity index is 1.84. The van der Waals surface area contributed by atoms with Gasteiger partial charge in [0.25, 0.3) is 0 Å². The third-order valence-electron chi connectivity index (χ3n) is 4.64. The van der Waals surface area contributed by atoms with Gasteiger partial charge in [0.05, 0.1) is 12.6 Å². The molecule has 0 bridgehead atoms. The molecule has 1 aliphatic carbocycles. The highest BCUT2D eigenvalue weighted by Gasteiger charge is 2.30. The van der Waals surface area contributed by atoms with Crippen LogP contribution in [0.1, 0.15) is 32.1 Å². The molecule has 116 valence electrons. The average Bonchev–Trinajstić information content (AvgIpc) is 2.65. The number of amides is 1. The van der Waals surface area contributed by atoms with Crippen LogP contribution >= 0.6 is 0 Å². The minimum Gasteiger partial charge on any atom is -0.391 e. The molecule has 0 spiro atoms. The fraction of sp³-hybridized carbons (Fsp3) is 0.933. The number of aliphatic hydroxyl groups excluding tert-OH is 1. The van der Waals surface area contributed by atoms with Gasteiger partial charge in [0.2, 0.25) is 5.91 Å². The Morgan fingerprint density at radius 3 is 2.55 bits per heavy atom. The standard InChI is InChI=1S/C15H29N3O2/c1-16(2)15(20)12-17-8-5-9-18(11-10-17)13-6-3-4-7-14(13)19/h13-14,19H,3-12H2,1-2H3/t13-,14-/m0/s1. The maximum atomic E-state index is 11.8. The highest BCUT2D eigenvalue weighted by atomic mass is 16.3. The van der Waals surface area contributed by atoms with E-state index in [0.717, 1.165) is 51.9 Å². The normalized spacial score (nSPS) is 29.9. The molecule has 20 heavy (non-hydrogen) atoms. The van der Waals surface area contributed by atoms with E-state index in [-0.39, 0.29) is 12.0 Å². The summed E-state index contributed by atoms with van der Waals surface area (Å²) in [6.07, 6.45) is 5.40. The fourth-order valence-corrected chi connectivity index (χ4v) is 3.33. The number of carbonyl (C=O) groups is 1. The van der Waals surface area contributed by atoms with Gasteiger partial charge in [0.15, 0.2) is 0 Å². The van der Waals surface area contributed by atoms with Crippen LogP contribution in [-0.4, -0.2) is 84.7 Å². The Labute approximate surface area is 122 Å². The van der Waals surface area contributed by atoms with Gasteiger partial charge >= 0.3 is 0 Å². The van der Waals surface area contributed by atoms with Gasteiger partial charge in [-0.25, -0.2) is 0 Å². The van der Waals surface area contributed by atoms with Crippen LogP contribution in [0.5, 0.6) is 0 Å². The first-order valence-electron chi connectivity index (χ1n) is 7.92. The summed E-state index contributed by atoms with van der Waals surface area (Å²) in [5.74, 6) is 0.177. The van der Waals surface area contributed by atoms with Crippen molar-refractivity contribution in [3.8, 4) is 0 Å². The second kappa shape index (κ2) is 7.38. The molecule has 2 fully saturated rings. The molecule has 1 saturated heterocycles. The largest absolute Gasteiger partial charge is 0.391 e. The Morgan fingerprint density at radius 1 is 1.10 bits per heavy atom. The monoisotopic (exact) mass is 283 g/mol. The summed E-state index contributed by atoms with van der Waals surface area (Å²) >= 11 is 0. The number of aliphatic hydroxyl groups is 1. The summed E-state index contributed by atoms with van der Waals surface area (Å²) in [6, 6.07) is 0.341. The number of nitrogens with zero attached hydrogens (tertiary/aromatic N) is 3. The molecule has 1 aliphatic heterocycles. The highest BCUT2D eigenvalue weighted by molar-refractivity contribution is 5.77. The molecule has 1 amide bonds. The van der Waals surface area contributed by atoms with Crippen molar-refractivity contribution in [3.63, 3.8) is 0 Å². The second-order valence-corrected chi connectivity index (χ2v) is 6.37. The minimum atomic E-state index is -0.154. The van der Waals surface area contributed by atoms with Crippen LogP contribution in [-0.2, 0) is 4.79 Å². The topological polar surface area (TPSA) is 47.0 Å². The molecule has 1 N–H and O–H groups in total. The summed E-state index contributed by atoms with van der Waals surface area (Å²) in [6.45, 7) is 4.46. The molecule has 5 nitrogen and oxygen atoms in total. The summed E-state index contributed by atoms with van der Waals surface area (Å²) in [5, 5.41) is 10.2. The van der Waals surface area contributed by atoms with Gasteiger partial charge < -0.3 is 10.0 Å². The molecule has 0 aromatic heterocycles. The van der Waals surface area contributed by atoms with Crippen LogP contribution in [0, 0.1) is 0 Å². The van der Waals surface area contributed by atoms with E-state index in [9.17, 15) is 9.90 Å². The predicted molar refractivity (Wildman–Crippen MR) is 79.6 cm³/mol. The van der Waals surface area contributed by atoms with Crippen molar-refractivity contribution < 1.29 is 9.90 Å². The molecule has 1 saturated carbocycles. The number of hydrogen-bond donors (Lipinski definition) is 1. The first-order chi connectivity index (χ1) is 9.58. The minimum absolute atomic E-state index is 0.154. The van der Waals surface area contributed by atoms with Gasteiger partial charge in [0, 0.05) is 33.2 Å². The molecular formula is C15H29N3O2. The Bertz CT molecular complexity index is 322. The van der Waals surface area contributed by atoms with E-state index in [1.54, 1.807) is 4.90 Å². The summed E-state index contributed by atoms with van der Waals surface area (Å²) in [5.41, 5.74) is 0. The van der Waals surface area contributed by atoms with Gasteiger partial charge in [0.1, 0.15) is 0 Å². The number of hydrogen-bond acceptors (Lipinski definition) is 4. The van der Waals surface area contributed by atoms with Gasteiger partial charge in [-0.15, -0.1) is 0 Å². The highest BCUT2D eigenvalue weighted by Crippen LogP contribution is 2.24. The summed E-state index contributed by atoms with van der Waals surface area (Å²) in [4.78, 5) is 18.1. The van der Waals surface area contributed by atoms with E-state index < -0.39 is 0 Å². The van der Waals surface area contributed by atoms with Crippen molar-refractivity contribution in [2.24, 2.45) is 0 Å². The van der Waals surface area contributed by atoms with Crippen LogP contribution < -0.4 is 0 Å². The third kappa shape index (κ3) is 4.17. The Morgan fingerprint density at radius 2 is 1.85 bits per heavy atom. The molecule has 2 aliphatic rings. The molecular weight excluding hydrogens is 254 g/mol. The predicted octanol–water partition coefficient (Wildman–Crippen LogP) is 0.386. The Hall–Kier alpha value is -0.650. The average molecular weight is 283 g/mol.